The van der Waals surface area contributed by atoms with Gasteiger partial charge in [-0.15, -0.1) is 0 Å². The summed E-state index contributed by atoms with van der Waals surface area (Å²) < 4.78 is 12.9. The van der Waals surface area contributed by atoms with Gasteiger partial charge in [0.2, 0.25) is 5.89 Å². The largest absolute Gasteiger partial charge is 0.455 e. The van der Waals surface area contributed by atoms with E-state index in [1.807, 2.05) is 103 Å². The van der Waals surface area contributed by atoms with Crippen LogP contribution in [0.25, 0.3) is 101 Å². The zero-order chi connectivity index (χ0) is 34.4. The third-order valence-electron chi connectivity index (χ3n) is 9.42. The van der Waals surface area contributed by atoms with E-state index in [9.17, 15) is 0 Å². The highest BCUT2D eigenvalue weighted by Gasteiger charge is 2.21. The molecule has 7 aromatic carbocycles. The molecule has 0 saturated carbocycles. The van der Waals surface area contributed by atoms with Gasteiger partial charge in [0.25, 0.3) is 0 Å². The molecule has 244 valence electrons. The van der Waals surface area contributed by atoms with Gasteiger partial charge in [0.1, 0.15) is 16.7 Å². The number of hydrogen-bond acceptors (Lipinski definition) is 6. The van der Waals surface area contributed by atoms with E-state index in [-0.39, 0.29) is 0 Å². The van der Waals surface area contributed by atoms with E-state index in [0.29, 0.717) is 40.1 Å². The summed E-state index contributed by atoms with van der Waals surface area (Å²) in [6, 6.07) is 57.2. The van der Waals surface area contributed by atoms with Crippen LogP contribution < -0.4 is 0 Å². The Labute approximate surface area is 298 Å². The van der Waals surface area contributed by atoms with Gasteiger partial charge in [-0.2, -0.15) is 0 Å². The minimum atomic E-state index is 0.524. The molecular weight excluding hydrogens is 641 g/mol. The van der Waals surface area contributed by atoms with Crippen LogP contribution in [0.15, 0.2) is 179 Å². The lowest BCUT2D eigenvalue weighted by Gasteiger charge is -2.09. The molecule has 0 N–H and O–H groups in total. The second kappa shape index (κ2) is 12.3. The van der Waals surface area contributed by atoms with Gasteiger partial charge >= 0.3 is 0 Å². The van der Waals surface area contributed by atoms with Crippen molar-refractivity contribution in [1.82, 2.24) is 19.9 Å². The molecule has 0 atom stereocenters. The van der Waals surface area contributed by atoms with Gasteiger partial charge in [0.15, 0.2) is 23.1 Å². The first-order chi connectivity index (χ1) is 25.7. The molecule has 0 saturated heterocycles. The molecule has 6 heteroatoms. The number of aromatic nitrogens is 4. The van der Waals surface area contributed by atoms with Gasteiger partial charge in [-0.1, -0.05) is 140 Å². The Kier molecular flexibility index (Phi) is 7.03. The summed E-state index contributed by atoms with van der Waals surface area (Å²) in [7, 11) is 0. The topological polar surface area (TPSA) is 77.8 Å². The smallest absolute Gasteiger partial charge is 0.227 e. The fraction of sp³-hybridized carbons (Fsp3) is 0. The van der Waals surface area contributed by atoms with Crippen LogP contribution in [0.5, 0.6) is 0 Å². The lowest BCUT2D eigenvalue weighted by Crippen LogP contribution is -2.00. The average molecular weight is 669 g/mol. The Morgan fingerprint density at radius 2 is 0.808 bits per heavy atom. The standard InChI is InChI=1S/C46H28N4O2/c1-4-11-29(12-5-1)31-19-23-34(24-20-31)44-48-43(33-15-8-3-9-16-33)49-45(50-44)37-18-10-17-36-40-38(51-42(36)37)27-28-39-41(40)47-46(52-39)35-25-21-32(22-26-35)30-13-6-2-7-14-30/h1-28H. The zero-order valence-corrected chi connectivity index (χ0v) is 27.8. The summed E-state index contributed by atoms with van der Waals surface area (Å²) in [5, 5.41) is 1.80. The molecule has 52 heavy (non-hydrogen) atoms. The molecule has 0 fully saturated rings. The molecule has 10 aromatic rings. The van der Waals surface area contributed by atoms with Crippen molar-refractivity contribution in [3.63, 3.8) is 0 Å². The summed E-state index contributed by atoms with van der Waals surface area (Å²) in [5.41, 5.74) is 10.9. The Morgan fingerprint density at radius 1 is 0.327 bits per heavy atom. The molecule has 6 nitrogen and oxygen atoms in total. The predicted octanol–water partition coefficient (Wildman–Crippen LogP) is 11.9. The molecule has 3 heterocycles. The molecule has 3 aromatic heterocycles. The summed E-state index contributed by atoms with van der Waals surface area (Å²) >= 11 is 0. The van der Waals surface area contributed by atoms with E-state index in [4.69, 9.17) is 28.8 Å². The Morgan fingerprint density at radius 3 is 1.42 bits per heavy atom. The van der Waals surface area contributed by atoms with Gasteiger partial charge < -0.3 is 8.83 Å². The number of furan rings is 1. The SMILES string of the molecule is c1ccc(-c2ccc(-c3nc(-c4ccccc4)nc(-c4cccc5c4oc4ccc6oc(-c7ccc(-c8ccccc8)cc7)nc6c45)n3)cc2)cc1. The molecular formula is C46H28N4O2. The van der Waals surface area contributed by atoms with E-state index in [0.717, 1.165) is 60.8 Å². The van der Waals surface area contributed by atoms with Crippen molar-refractivity contribution in [1.29, 1.82) is 0 Å². The van der Waals surface area contributed by atoms with Gasteiger partial charge in [0, 0.05) is 22.1 Å². The second-order valence-corrected chi connectivity index (χ2v) is 12.6. The average Bonchev–Trinajstić information content (AvgIpc) is 3.84. The lowest BCUT2D eigenvalue weighted by molar-refractivity contribution is 0.619. The van der Waals surface area contributed by atoms with Crippen LogP contribution in [0.2, 0.25) is 0 Å². The monoisotopic (exact) mass is 668 g/mol. The molecule has 0 radical (unpaired) electrons. The molecule has 0 aliphatic carbocycles. The summed E-state index contributed by atoms with van der Waals surface area (Å²) in [5.74, 6) is 2.25. The van der Waals surface area contributed by atoms with E-state index in [1.165, 1.54) is 0 Å². The maximum Gasteiger partial charge on any atom is 0.227 e. The molecule has 0 spiro atoms. The Balaban J connectivity index is 1.09. The van der Waals surface area contributed by atoms with E-state index in [2.05, 4.69) is 66.7 Å². The minimum absolute atomic E-state index is 0.524. The van der Waals surface area contributed by atoms with Gasteiger partial charge in [0.05, 0.1) is 10.9 Å². The van der Waals surface area contributed by atoms with Crippen molar-refractivity contribution >= 4 is 33.0 Å². The van der Waals surface area contributed by atoms with Crippen LogP contribution in [0.3, 0.4) is 0 Å². The number of rotatable bonds is 6. The second-order valence-electron chi connectivity index (χ2n) is 12.6. The highest BCUT2D eigenvalue weighted by molar-refractivity contribution is 6.18. The predicted molar refractivity (Wildman–Crippen MR) is 207 cm³/mol. The van der Waals surface area contributed by atoms with Crippen molar-refractivity contribution in [2.75, 3.05) is 0 Å². The van der Waals surface area contributed by atoms with Crippen LogP contribution in [0.4, 0.5) is 0 Å². The van der Waals surface area contributed by atoms with Crippen LogP contribution in [-0.2, 0) is 0 Å². The van der Waals surface area contributed by atoms with Gasteiger partial charge in [-0.25, -0.2) is 19.9 Å². The first-order valence-electron chi connectivity index (χ1n) is 17.1. The summed E-state index contributed by atoms with van der Waals surface area (Å²) in [4.78, 5) is 20.0. The van der Waals surface area contributed by atoms with Crippen molar-refractivity contribution in [2.45, 2.75) is 0 Å². The molecule has 0 aliphatic heterocycles. The number of para-hydroxylation sites is 1. The minimum Gasteiger partial charge on any atom is -0.455 e. The quantitative estimate of drug-likeness (QED) is 0.175. The number of benzene rings is 7. The number of fused-ring (bicyclic) bond motifs is 5. The van der Waals surface area contributed by atoms with Gasteiger partial charge in [-0.05, 0) is 52.6 Å². The highest BCUT2D eigenvalue weighted by Crippen LogP contribution is 2.40. The lowest BCUT2D eigenvalue weighted by atomic mass is 10.0. The van der Waals surface area contributed by atoms with Crippen LogP contribution >= 0.6 is 0 Å². The maximum absolute atomic E-state index is 6.60. The van der Waals surface area contributed by atoms with E-state index < -0.39 is 0 Å². The molecule has 0 unspecified atom stereocenters. The van der Waals surface area contributed by atoms with E-state index in [1.54, 1.807) is 0 Å². The van der Waals surface area contributed by atoms with Crippen LogP contribution in [-0.4, -0.2) is 19.9 Å². The zero-order valence-electron chi connectivity index (χ0n) is 27.8. The van der Waals surface area contributed by atoms with E-state index >= 15 is 0 Å². The van der Waals surface area contributed by atoms with Crippen molar-refractivity contribution in [3.05, 3.63) is 170 Å². The number of hydrogen-bond donors (Lipinski definition) is 0. The highest BCUT2D eigenvalue weighted by atomic mass is 16.4. The van der Waals surface area contributed by atoms with Crippen LogP contribution in [0.1, 0.15) is 0 Å². The normalized spacial score (nSPS) is 11.5. The van der Waals surface area contributed by atoms with Gasteiger partial charge in [-0.3, -0.25) is 0 Å². The van der Waals surface area contributed by atoms with Crippen molar-refractivity contribution in [3.8, 4) is 67.9 Å². The maximum atomic E-state index is 6.60. The number of nitrogens with zero attached hydrogens (tertiary/aromatic N) is 4. The summed E-state index contributed by atoms with van der Waals surface area (Å²) in [6.07, 6.45) is 0. The van der Waals surface area contributed by atoms with Crippen molar-refractivity contribution in [2.24, 2.45) is 0 Å². The first kappa shape index (κ1) is 29.7. The fourth-order valence-electron chi connectivity index (χ4n) is 6.79. The Hall–Kier alpha value is -7.18. The van der Waals surface area contributed by atoms with Crippen LogP contribution in [0, 0.1) is 0 Å². The third kappa shape index (κ3) is 5.22. The Bertz CT molecular complexity index is 2860. The van der Waals surface area contributed by atoms with Crippen molar-refractivity contribution < 1.29 is 8.83 Å². The summed E-state index contributed by atoms with van der Waals surface area (Å²) in [6.45, 7) is 0. The molecule has 0 aliphatic rings. The molecule has 0 bridgehead atoms. The third-order valence-corrected chi connectivity index (χ3v) is 9.42. The first-order valence-corrected chi connectivity index (χ1v) is 17.1. The molecule has 0 amide bonds. The fourth-order valence-corrected chi connectivity index (χ4v) is 6.79. The molecule has 10 rings (SSSR count). The number of oxazole rings is 1.